The van der Waals surface area contributed by atoms with Gasteiger partial charge in [-0.1, -0.05) is 156 Å². The molecule has 206 valence electrons. The molecule has 2 atom stereocenters. The lowest BCUT2D eigenvalue weighted by Gasteiger charge is -2.25. The summed E-state index contributed by atoms with van der Waals surface area (Å²) in [7, 11) is 0. The summed E-state index contributed by atoms with van der Waals surface area (Å²) in [5, 5.41) is 0. The largest absolute Gasteiger partial charge is 0.332 e. The van der Waals surface area contributed by atoms with E-state index in [9.17, 15) is 0 Å². The van der Waals surface area contributed by atoms with Gasteiger partial charge in [0, 0.05) is 24.4 Å². The van der Waals surface area contributed by atoms with Crippen LogP contribution in [0.5, 0.6) is 0 Å². The lowest BCUT2D eigenvalue weighted by atomic mass is 9.89. The minimum absolute atomic E-state index is 0.579. The number of imidazole rings is 1. The Morgan fingerprint density at radius 1 is 0.571 bits per heavy atom. The number of nitrogens with zero attached hydrogens (tertiary/aromatic N) is 2. The van der Waals surface area contributed by atoms with Crippen LogP contribution in [0.4, 0.5) is 0 Å². The van der Waals surface area contributed by atoms with Crippen molar-refractivity contribution in [2.24, 2.45) is 5.92 Å². The van der Waals surface area contributed by atoms with Crippen LogP contribution in [0, 0.1) is 5.92 Å². The molecule has 2 unspecified atom stereocenters. The first-order valence-electron chi connectivity index (χ1n) is 16.1. The monoisotopic (exact) mass is 489 g/mol. The van der Waals surface area contributed by atoms with Gasteiger partial charge in [0.1, 0.15) is 5.82 Å². The van der Waals surface area contributed by atoms with Crippen LogP contribution in [0.2, 0.25) is 0 Å². The number of rotatable bonds is 25. The standard InChI is InChI=1S/C33H64N2/c1-6-8-10-12-14-16-18-20-22-24-26-31(5)35-29-28-34-33(35)32(30(3)4)27-25-23-21-19-17-15-13-11-9-7-2/h28-32H,6-27H2,1-5H3. The van der Waals surface area contributed by atoms with E-state index in [1.165, 1.54) is 147 Å². The summed E-state index contributed by atoms with van der Waals surface area (Å²) in [5.41, 5.74) is 0. The van der Waals surface area contributed by atoms with E-state index in [0.29, 0.717) is 17.9 Å². The Labute approximate surface area is 221 Å². The van der Waals surface area contributed by atoms with E-state index in [1.807, 2.05) is 0 Å². The number of unbranched alkanes of at least 4 members (excludes halogenated alkanes) is 18. The third-order valence-corrected chi connectivity index (χ3v) is 8.15. The molecule has 1 rings (SSSR count). The fraction of sp³-hybridized carbons (Fsp3) is 0.909. The van der Waals surface area contributed by atoms with E-state index in [-0.39, 0.29) is 0 Å². The van der Waals surface area contributed by atoms with Crippen molar-refractivity contribution in [1.82, 2.24) is 9.55 Å². The molecule has 0 aliphatic rings. The average molecular weight is 489 g/mol. The Balaban J connectivity index is 2.25. The minimum Gasteiger partial charge on any atom is -0.332 e. The molecule has 0 aliphatic carbocycles. The number of aromatic nitrogens is 2. The predicted molar refractivity (Wildman–Crippen MR) is 157 cm³/mol. The van der Waals surface area contributed by atoms with Crippen molar-refractivity contribution in [3.63, 3.8) is 0 Å². The topological polar surface area (TPSA) is 17.8 Å². The Hall–Kier alpha value is -0.790. The Bertz CT molecular complexity index is 561. The van der Waals surface area contributed by atoms with Gasteiger partial charge in [0.2, 0.25) is 0 Å². The molecule has 0 fully saturated rings. The molecular formula is C33H64N2. The van der Waals surface area contributed by atoms with Gasteiger partial charge >= 0.3 is 0 Å². The summed E-state index contributed by atoms with van der Waals surface area (Å²) in [4.78, 5) is 4.88. The van der Waals surface area contributed by atoms with Crippen molar-refractivity contribution in [3.05, 3.63) is 18.2 Å². The molecule has 0 amide bonds. The Kier molecular flexibility index (Phi) is 20.6. The van der Waals surface area contributed by atoms with Gasteiger partial charge in [-0.2, -0.15) is 0 Å². The summed E-state index contributed by atoms with van der Waals surface area (Å²) in [6.45, 7) is 11.8. The highest BCUT2D eigenvalue weighted by atomic mass is 15.1. The SMILES string of the molecule is CCCCCCCCCCCCC(c1nccn1C(C)CCCCCCCCCCCC)C(C)C. The van der Waals surface area contributed by atoms with E-state index < -0.39 is 0 Å². The van der Waals surface area contributed by atoms with Crippen LogP contribution in [0.3, 0.4) is 0 Å². The molecule has 0 aliphatic heterocycles. The maximum atomic E-state index is 4.88. The molecule has 35 heavy (non-hydrogen) atoms. The molecule has 0 bridgehead atoms. The van der Waals surface area contributed by atoms with Crippen LogP contribution in [0.25, 0.3) is 0 Å². The van der Waals surface area contributed by atoms with Crippen LogP contribution in [0.15, 0.2) is 12.4 Å². The third kappa shape index (κ3) is 15.8. The summed E-state index contributed by atoms with van der Waals surface area (Å²) in [6.07, 6.45) is 35.2. The van der Waals surface area contributed by atoms with E-state index in [2.05, 4.69) is 51.6 Å². The van der Waals surface area contributed by atoms with Crippen LogP contribution in [-0.4, -0.2) is 9.55 Å². The van der Waals surface area contributed by atoms with Gasteiger partial charge in [0.15, 0.2) is 0 Å². The van der Waals surface area contributed by atoms with Gasteiger partial charge in [-0.3, -0.25) is 0 Å². The van der Waals surface area contributed by atoms with Crippen LogP contribution in [-0.2, 0) is 0 Å². The van der Waals surface area contributed by atoms with E-state index >= 15 is 0 Å². The van der Waals surface area contributed by atoms with Crippen molar-refractivity contribution in [3.8, 4) is 0 Å². The fourth-order valence-corrected chi connectivity index (χ4v) is 5.66. The van der Waals surface area contributed by atoms with Crippen LogP contribution >= 0.6 is 0 Å². The fourth-order valence-electron chi connectivity index (χ4n) is 5.66. The molecule has 0 N–H and O–H groups in total. The molecule has 1 aromatic rings. The second-order valence-electron chi connectivity index (χ2n) is 11.8. The van der Waals surface area contributed by atoms with Crippen LogP contribution in [0.1, 0.15) is 194 Å². The quantitative estimate of drug-likeness (QED) is 0.125. The molecule has 1 aromatic heterocycles. The molecular weight excluding hydrogens is 424 g/mol. The molecule has 0 saturated heterocycles. The van der Waals surface area contributed by atoms with Crippen molar-refractivity contribution in [2.75, 3.05) is 0 Å². The van der Waals surface area contributed by atoms with Crippen molar-refractivity contribution >= 4 is 0 Å². The molecule has 0 spiro atoms. The van der Waals surface area contributed by atoms with E-state index in [1.54, 1.807) is 0 Å². The van der Waals surface area contributed by atoms with E-state index in [0.717, 1.165) is 0 Å². The zero-order chi connectivity index (χ0) is 25.6. The highest BCUT2D eigenvalue weighted by Crippen LogP contribution is 2.31. The molecule has 2 nitrogen and oxygen atoms in total. The van der Waals surface area contributed by atoms with Gasteiger partial charge in [-0.05, 0) is 25.7 Å². The van der Waals surface area contributed by atoms with Gasteiger partial charge in [-0.15, -0.1) is 0 Å². The maximum Gasteiger partial charge on any atom is 0.112 e. The lowest BCUT2D eigenvalue weighted by Crippen LogP contribution is -2.16. The summed E-state index contributed by atoms with van der Waals surface area (Å²) in [5.74, 6) is 2.63. The second kappa shape index (κ2) is 22.4. The number of hydrogen-bond acceptors (Lipinski definition) is 1. The summed E-state index contributed by atoms with van der Waals surface area (Å²) < 4.78 is 2.52. The van der Waals surface area contributed by atoms with Crippen molar-refractivity contribution in [2.45, 2.75) is 188 Å². The van der Waals surface area contributed by atoms with Crippen molar-refractivity contribution < 1.29 is 0 Å². The first-order valence-corrected chi connectivity index (χ1v) is 16.1. The zero-order valence-corrected chi connectivity index (χ0v) is 24.8. The maximum absolute atomic E-state index is 4.88. The molecule has 1 heterocycles. The lowest BCUT2D eigenvalue weighted by molar-refractivity contribution is 0.382. The van der Waals surface area contributed by atoms with Crippen molar-refractivity contribution in [1.29, 1.82) is 0 Å². The smallest absolute Gasteiger partial charge is 0.112 e. The predicted octanol–water partition coefficient (Wildman–Crippen LogP) is 11.8. The van der Waals surface area contributed by atoms with Gasteiger partial charge in [-0.25, -0.2) is 4.98 Å². The summed E-state index contributed by atoms with van der Waals surface area (Å²) >= 11 is 0. The van der Waals surface area contributed by atoms with Gasteiger partial charge in [0.05, 0.1) is 0 Å². The van der Waals surface area contributed by atoms with Crippen LogP contribution < -0.4 is 0 Å². The minimum atomic E-state index is 0.579. The average Bonchev–Trinajstić information content (AvgIpc) is 3.33. The molecule has 0 radical (unpaired) electrons. The second-order valence-corrected chi connectivity index (χ2v) is 11.8. The number of hydrogen-bond donors (Lipinski definition) is 0. The third-order valence-electron chi connectivity index (χ3n) is 8.15. The summed E-state index contributed by atoms with van der Waals surface area (Å²) in [6, 6.07) is 0.579. The molecule has 0 saturated carbocycles. The molecule has 0 aromatic carbocycles. The first-order chi connectivity index (χ1) is 17.1. The first kappa shape index (κ1) is 32.2. The Morgan fingerprint density at radius 3 is 1.40 bits per heavy atom. The molecule has 2 heteroatoms. The van der Waals surface area contributed by atoms with E-state index in [4.69, 9.17) is 4.98 Å². The Morgan fingerprint density at radius 2 is 0.971 bits per heavy atom. The van der Waals surface area contributed by atoms with Gasteiger partial charge in [0.25, 0.3) is 0 Å². The normalized spacial score (nSPS) is 13.5. The highest BCUT2D eigenvalue weighted by molar-refractivity contribution is 5.03. The highest BCUT2D eigenvalue weighted by Gasteiger charge is 2.22. The van der Waals surface area contributed by atoms with Gasteiger partial charge < -0.3 is 4.57 Å². The zero-order valence-electron chi connectivity index (χ0n) is 24.8.